The third-order valence-electron chi connectivity index (χ3n) is 5.32. The number of benzene rings is 2. The highest BCUT2D eigenvalue weighted by Gasteiger charge is 2.24. The Morgan fingerprint density at radius 3 is 2.53 bits per heavy atom. The van der Waals surface area contributed by atoms with Crippen molar-refractivity contribution in [1.82, 2.24) is 9.55 Å². The number of aryl methyl sites for hydroxylation is 1. The number of hydrogen-bond donors (Lipinski definition) is 2. The second-order valence-corrected chi connectivity index (χ2v) is 8.20. The molecule has 0 saturated heterocycles. The molecule has 7 nitrogen and oxygen atoms in total. The monoisotopic (exact) mass is 420 g/mol. The van der Waals surface area contributed by atoms with Crippen molar-refractivity contribution < 1.29 is 9.59 Å². The summed E-state index contributed by atoms with van der Waals surface area (Å²) in [5.74, 6) is -0.840. The van der Waals surface area contributed by atoms with E-state index in [1.807, 2.05) is 42.5 Å². The molecule has 0 fully saturated rings. The molecule has 4 aromatic rings. The van der Waals surface area contributed by atoms with Crippen LogP contribution in [0.3, 0.4) is 0 Å². The molecule has 2 aromatic carbocycles. The molecule has 0 radical (unpaired) electrons. The first-order valence-corrected chi connectivity index (χ1v) is 10.2. The Kier molecular flexibility index (Phi) is 4.87. The number of thiophene rings is 1. The lowest BCUT2D eigenvalue weighted by Crippen LogP contribution is -2.35. The van der Waals surface area contributed by atoms with Crippen molar-refractivity contribution in [2.45, 2.75) is 26.3 Å². The number of nitrogens with two attached hydrogens (primary N) is 2. The number of primary amides is 2. The van der Waals surface area contributed by atoms with E-state index in [9.17, 15) is 14.4 Å². The molecule has 2 amide bonds. The van der Waals surface area contributed by atoms with Crippen molar-refractivity contribution >= 4 is 44.1 Å². The summed E-state index contributed by atoms with van der Waals surface area (Å²) in [7, 11) is 0. The standard InChI is InChI=1S/C22H20N4O3S/c1-11-17-21(30-18(11)20(24)28)25-16(26(22(17)29)12(2)19(23)27)10-14-8-5-7-13-6-3-4-9-15(13)14/h3-9,12H,10H2,1-2H3,(H2,23,27)(H2,24,28). The largest absolute Gasteiger partial charge is 0.368 e. The smallest absolute Gasteiger partial charge is 0.263 e. The van der Waals surface area contributed by atoms with Crippen LogP contribution in [0.15, 0.2) is 47.3 Å². The van der Waals surface area contributed by atoms with Gasteiger partial charge in [0.15, 0.2) is 0 Å². The summed E-state index contributed by atoms with van der Waals surface area (Å²) in [6.45, 7) is 3.23. The SMILES string of the molecule is Cc1c(C(N)=O)sc2nc(Cc3cccc4ccccc34)n(C(C)C(N)=O)c(=O)c12. The molecule has 0 aliphatic rings. The van der Waals surface area contributed by atoms with Gasteiger partial charge in [0.05, 0.1) is 10.3 Å². The zero-order valence-electron chi connectivity index (χ0n) is 16.5. The summed E-state index contributed by atoms with van der Waals surface area (Å²) in [4.78, 5) is 42.5. The molecule has 4 N–H and O–H groups in total. The summed E-state index contributed by atoms with van der Waals surface area (Å²) >= 11 is 1.09. The summed E-state index contributed by atoms with van der Waals surface area (Å²) in [5.41, 5.74) is 12.0. The molecule has 2 aromatic heterocycles. The lowest BCUT2D eigenvalue weighted by Gasteiger charge is -2.17. The van der Waals surface area contributed by atoms with Gasteiger partial charge in [-0.3, -0.25) is 19.0 Å². The minimum Gasteiger partial charge on any atom is -0.368 e. The highest BCUT2D eigenvalue weighted by Crippen LogP contribution is 2.29. The van der Waals surface area contributed by atoms with Gasteiger partial charge in [-0.05, 0) is 35.7 Å². The van der Waals surface area contributed by atoms with Gasteiger partial charge in [0.2, 0.25) is 5.91 Å². The molecule has 0 saturated carbocycles. The van der Waals surface area contributed by atoms with Crippen molar-refractivity contribution in [2.24, 2.45) is 11.5 Å². The molecule has 2 heterocycles. The first kappa shape index (κ1) is 19.8. The summed E-state index contributed by atoms with van der Waals surface area (Å²) in [5, 5.41) is 2.40. The molecule has 0 bridgehead atoms. The van der Waals surface area contributed by atoms with Gasteiger partial charge in [-0.15, -0.1) is 11.3 Å². The van der Waals surface area contributed by atoms with Crippen LogP contribution < -0.4 is 17.0 Å². The van der Waals surface area contributed by atoms with E-state index in [2.05, 4.69) is 4.98 Å². The number of rotatable bonds is 5. The Balaban J connectivity index is 2.00. The highest BCUT2D eigenvalue weighted by atomic mass is 32.1. The van der Waals surface area contributed by atoms with Crippen LogP contribution in [0.4, 0.5) is 0 Å². The fourth-order valence-corrected chi connectivity index (χ4v) is 4.78. The van der Waals surface area contributed by atoms with Gasteiger partial charge in [0, 0.05) is 6.42 Å². The fourth-order valence-electron chi connectivity index (χ4n) is 3.74. The molecule has 30 heavy (non-hydrogen) atoms. The zero-order valence-corrected chi connectivity index (χ0v) is 17.3. The fraction of sp³-hybridized carbons (Fsp3) is 0.182. The summed E-state index contributed by atoms with van der Waals surface area (Å²) in [6, 6.07) is 12.9. The van der Waals surface area contributed by atoms with Gasteiger partial charge in [0.25, 0.3) is 11.5 Å². The van der Waals surface area contributed by atoms with E-state index in [-0.39, 0.29) is 4.88 Å². The minimum absolute atomic E-state index is 0.287. The van der Waals surface area contributed by atoms with Crippen molar-refractivity contribution in [3.8, 4) is 0 Å². The Labute approximate surface area is 175 Å². The van der Waals surface area contributed by atoms with Crippen LogP contribution in [-0.2, 0) is 11.2 Å². The lowest BCUT2D eigenvalue weighted by molar-refractivity contribution is -0.120. The predicted molar refractivity (Wildman–Crippen MR) is 118 cm³/mol. The molecule has 152 valence electrons. The molecular formula is C22H20N4O3S. The Morgan fingerprint density at radius 2 is 1.83 bits per heavy atom. The average Bonchev–Trinajstić information content (AvgIpc) is 3.05. The Bertz CT molecular complexity index is 1380. The normalized spacial score (nSPS) is 12.3. The van der Waals surface area contributed by atoms with Gasteiger partial charge in [0.1, 0.15) is 16.7 Å². The van der Waals surface area contributed by atoms with Crippen LogP contribution in [0.25, 0.3) is 21.0 Å². The highest BCUT2D eigenvalue weighted by molar-refractivity contribution is 7.20. The van der Waals surface area contributed by atoms with E-state index < -0.39 is 23.4 Å². The van der Waals surface area contributed by atoms with Crippen molar-refractivity contribution in [2.75, 3.05) is 0 Å². The minimum atomic E-state index is -0.893. The second kappa shape index (κ2) is 7.38. The van der Waals surface area contributed by atoms with Crippen molar-refractivity contribution in [1.29, 1.82) is 0 Å². The number of aromatic nitrogens is 2. The molecule has 0 aliphatic carbocycles. The van der Waals surface area contributed by atoms with Crippen LogP contribution in [0.2, 0.25) is 0 Å². The van der Waals surface area contributed by atoms with Gasteiger partial charge >= 0.3 is 0 Å². The first-order chi connectivity index (χ1) is 14.3. The zero-order chi connectivity index (χ0) is 21.6. The van der Waals surface area contributed by atoms with Crippen LogP contribution >= 0.6 is 11.3 Å². The van der Waals surface area contributed by atoms with Gasteiger partial charge < -0.3 is 11.5 Å². The van der Waals surface area contributed by atoms with E-state index in [4.69, 9.17) is 11.5 Å². The maximum absolute atomic E-state index is 13.4. The van der Waals surface area contributed by atoms with Gasteiger partial charge in [-0.25, -0.2) is 4.98 Å². The summed E-state index contributed by atoms with van der Waals surface area (Å²) < 4.78 is 1.33. The molecule has 0 spiro atoms. The van der Waals surface area contributed by atoms with Crippen LogP contribution in [0.1, 0.15) is 39.6 Å². The van der Waals surface area contributed by atoms with E-state index >= 15 is 0 Å². The Morgan fingerprint density at radius 1 is 1.13 bits per heavy atom. The van der Waals surface area contributed by atoms with E-state index in [0.717, 1.165) is 27.7 Å². The lowest BCUT2D eigenvalue weighted by atomic mass is 10.0. The molecular weight excluding hydrogens is 400 g/mol. The van der Waals surface area contributed by atoms with E-state index in [1.165, 1.54) is 4.57 Å². The second-order valence-electron chi connectivity index (χ2n) is 7.20. The molecule has 1 atom stereocenters. The third kappa shape index (κ3) is 3.15. The summed E-state index contributed by atoms with van der Waals surface area (Å²) in [6.07, 6.45) is 0.326. The quantitative estimate of drug-likeness (QED) is 0.515. The maximum Gasteiger partial charge on any atom is 0.263 e. The number of amides is 2. The number of carbonyl (C=O) groups is 2. The van der Waals surface area contributed by atoms with Gasteiger partial charge in [-0.2, -0.15) is 0 Å². The van der Waals surface area contributed by atoms with Crippen molar-refractivity contribution in [3.05, 3.63) is 74.6 Å². The number of carbonyl (C=O) groups excluding carboxylic acids is 2. The van der Waals surface area contributed by atoms with E-state index in [0.29, 0.717) is 28.0 Å². The Hall–Kier alpha value is -3.52. The first-order valence-electron chi connectivity index (χ1n) is 9.40. The maximum atomic E-state index is 13.4. The predicted octanol–water partition coefficient (Wildman–Crippen LogP) is 2.66. The topological polar surface area (TPSA) is 121 Å². The number of fused-ring (bicyclic) bond motifs is 2. The van der Waals surface area contributed by atoms with Gasteiger partial charge in [-0.1, -0.05) is 42.5 Å². The van der Waals surface area contributed by atoms with Crippen molar-refractivity contribution in [3.63, 3.8) is 0 Å². The third-order valence-corrected chi connectivity index (χ3v) is 6.52. The average molecular weight is 420 g/mol. The van der Waals surface area contributed by atoms with E-state index in [1.54, 1.807) is 13.8 Å². The molecule has 1 unspecified atom stereocenters. The van der Waals surface area contributed by atoms with Crippen LogP contribution in [-0.4, -0.2) is 21.4 Å². The molecule has 0 aliphatic heterocycles. The number of hydrogen-bond acceptors (Lipinski definition) is 5. The number of nitrogens with zero attached hydrogens (tertiary/aromatic N) is 2. The van der Waals surface area contributed by atoms with Crippen LogP contribution in [0.5, 0.6) is 0 Å². The molecule has 8 heteroatoms. The molecule has 4 rings (SSSR count). The van der Waals surface area contributed by atoms with Crippen LogP contribution in [0, 0.1) is 6.92 Å².